The second-order valence-electron chi connectivity index (χ2n) is 5.51. The topological polar surface area (TPSA) is 62.1 Å². The number of carbonyl (C=O) groups is 1. The summed E-state index contributed by atoms with van der Waals surface area (Å²) in [4.78, 5) is 11.8. The average molecular weight is 224 g/mol. The number of amides is 1. The van der Waals surface area contributed by atoms with Crippen molar-refractivity contribution in [1.82, 2.24) is 5.32 Å². The highest BCUT2D eigenvalue weighted by Gasteiger charge is 2.33. The Balaban J connectivity index is 2.56. The van der Waals surface area contributed by atoms with Crippen LogP contribution in [-0.4, -0.2) is 24.2 Å². The van der Waals surface area contributed by atoms with Gasteiger partial charge in [-0.05, 0) is 40.5 Å². The Bertz CT molecular complexity index is 315. The number of ether oxygens (including phenoxy) is 1. The highest BCUT2D eigenvalue weighted by molar-refractivity contribution is 5.84. The smallest absolute Gasteiger partial charge is 0.240 e. The minimum absolute atomic E-state index is 0.115. The van der Waals surface area contributed by atoms with Crippen LogP contribution in [0.25, 0.3) is 0 Å². The van der Waals surface area contributed by atoms with Crippen LogP contribution in [0.2, 0.25) is 0 Å². The van der Waals surface area contributed by atoms with Crippen molar-refractivity contribution in [3.63, 3.8) is 0 Å². The molecule has 0 aromatic carbocycles. The quantitative estimate of drug-likeness (QED) is 0.775. The first-order valence-electron chi connectivity index (χ1n) is 5.63. The molecule has 1 heterocycles. The molecule has 1 N–H and O–H groups in total. The van der Waals surface area contributed by atoms with Gasteiger partial charge in [-0.3, -0.25) is 4.79 Å². The lowest BCUT2D eigenvalue weighted by molar-refractivity contribution is -0.129. The van der Waals surface area contributed by atoms with Crippen LogP contribution in [0.1, 0.15) is 40.5 Å². The van der Waals surface area contributed by atoms with E-state index in [9.17, 15) is 4.79 Å². The van der Waals surface area contributed by atoms with Crippen molar-refractivity contribution in [2.45, 2.75) is 52.2 Å². The van der Waals surface area contributed by atoms with Gasteiger partial charge in [-0.15, -0.1) is 0 Å². The Labute approximate surface area is 97.0 Å². The highest BCUT2D eigenvalue weighted by atomic mass is 16.5. The third-order valence-corrected chi connectivity index (χ3v) is 2.88. The number of hydrogen-bond donors (Lipinski definition) is 1. The van der Waals surface area contributed by atoms with Gasteiger partial charge in [0.05, 0.1) is 11.7 Å². The fourth-order valence-corrected chi connectivity index (χ4v) is 1.77. The second kappa shape index (κ2) is 4.42. The van der Waals surface area contributed by atoms with Gasteiger partial charge in [-0.2, -0.15) is 5.26 Å². The van der Waals surface area contributed by atoms with E-state index in [4.69, 9.17) is 10.00 Å². The lowest BCUT2D eigenvalue weighted by Crippen LogP contribution is -2.49. The molecule has 4 heteroatoms. The van der Waals surface area contributed by atoms with Crippen molar-refractivity contribution in [3.05, 3.63) is 0 Å². The first-order chi connectivity index (χ1) is 7.27. The zero-order valence-corrected chi connectivity index (χ0v) is 10.5. The fraction of sp³-hybridized carbons (Fsp3) is 0.833. The number of nitrogens with one attached hydrogen (secondary N) is 1. The molecule has 1 atom stereocenters. The van der Waals surface area contributed by atoms with Crippen LogP contribution in [0, 0.1) is 16.7 Å². The maximum atomic E-state index is 11.8. The number of nitriles is 1. The van der Waals surface area contributed by atoms with Gasteiger partial charge in [-0.1, -0.05) is 0 Å². The Morgan fingerprint density at radius 2 is 2.19 bits per heavy atom. The molecule has 90 valence electrons. The third kappa shape index (κ3) is 3.21. The molecule has 0 aromatic heterocycles. The summed E-state index contributed by atoms with van der Waals surface area (Å²) >= 11 is 0. The molecule has 1 saturated heterocycles. The molecule has 0 aromatic rings. The maximum absolute atomic E-state index is 11.8. The van der Waals surface area contributed by atoms with Gasteiger partial charge >= 0.3 is 0 Å². The molecular weight excluding hydrogens is 204 g/mol. The van der Waals surface area contributed by atoms with Gasteiger partial charge in [0.1, 0.15) is 5.41 Å². The van der Waals surface area contributed by atoms with Crippen LogP contribution in [0.15, 0.2) is 0 Å². The van der Waals surface area contributed by atoms with E-state index in [0.29, 0.717) is 6.61 Å². The summed E-state index contributed by atoms with van der Waals surface area (Å²) in [6.45, 7) is 7.95. The van der Waals surface area contributed by atoms with Crippen LogP contribution < -0.4 is 5.32 Å². The Morgan fingerprint density at radius 3 is 2.69 bits per heavy atom. The van der Waals surface area contributed by atoms with E-state index < -0.39 is 5.41 Å². The summed E-state index contributed by atoms with van der Waals surface area (Å²) in [5.41, 5.74) is -1.14. The maximum Gasteiger partial charge on any atom is 0.240 e. The molecule has 1 aliphatic rings. The van der Waals surface area contributed by atoms with E-state index in [0.717, 1.165) is 12.8 Å². The van der Waals surface area contributed by atoms with Crippen molar-refractivity contribution < 1.29 is 9.53 Å². The van der Waals surface area contributed by atoms with Gasteiger partial charge in [0, 0.05) is 12.6 Å². The Hall–Kier alpha value is -1.08. The van der Waals surface area contributed by atoms with Crippen molar-refractivity contribution in [2.75, 3.05) is 6.61 Å². The minimum atomic E-state index is -0.956. The van der Waals surface area contributed by atoms with E-state index >= 15 is 0 Å². The van der Waals surface area contributed by atoms with Crippen molar-refractivity contribution in [1.29, 1.82) is 5.26 Å². The van der Waals surface area contributed by atoms with Crippen LogP contribution >= 0.6 is 0 Å². The first kappa shape index (κ1) is 13.0. The lowest BCUT2D eigenvalue weighted by Gasteiger charge is -2.36. The van der Waals surface area contributed by atoms with Gasteiger partial charge < -0.3 is 10.1 Å². The van der Waals surface area contributed by atoms with Crippen molar-refractivity contribution in [3.8, 4) is 6.07 Å². The molecule has 0 saturated carbocycles. The summed E-state index contributed by atoms with van der Waals surface area (Å²) < 4.78 is 5.57. The highest BCUT2D eigenvalue weighted by Crippen LogP contribution is 2.25. The number of hydrogen-bond acceptors (Lipinski definition) is 3. The summed E-state index contributed by atoms with van der Waals surface area (Å²) in [6.07, 6.45) is 1.61. The molecular formula is C12H20N2O2. The average Bonchev–Trinajstić information content (AvgIpc) is 2.16. The third-order valence-electron chi connectivity index (χ3n) is 2.88. The van der Waals surface area contributed by atoms with Crippen LogP contribution in [-0.2, 0) is 9.53 Å². The molecule has 16 heavy (non-hydrogen) atoms. The molecule has 0 radical (unpaired) electrons. The molecule has 1 aliphatic heterocycles. The predicted molar refractivity (Wildman–Crippen MR) is 60.6 cm³/mol. The zero-order valence-electron chi connectivity index (χ0n) is 10.5. The SMILES string of the molecule is CC1(C)CC(NC(=O)C(C)(C)C#N)CCO1. The zero-order chi connectivity index (χ0) is 12.4. The number of rotatable bonds is 2. The Kier molecular flexibility index (Phi) is 3.59. The van der Waals surface area contributed by atoms with Crippen molar-refractivity contribution in [2.24, 2.45) is 5.41 Å². The molecule has 1 rings (SSSR count). The van der Waals surface area contributed by atoms with Crippen LogP contribution in [0.5, 0.6) is 0 Å². The van der Waals surface area contributed by atoms with Crippen LogP contribution in [0.3, 0.4) is 0 Å². The fourth-order valence-electron chi connectivity index (χ4n) is 1.77. The largest absolute Gasteiger partial charge is 0.375 e. The first-order valence-corrected chi connectivity index (χ1v) is 5.63. The molecule has 1 amide bonds. The normalized spacial score (nSPS) is 24.6. The summed E-state index contributed by atoms with van der Waals surface area (Å²) in [6, 6.07) is 2.12. The standard InChI is InChI=1S/C12H20N2O2/c1-11(2,8-13)10(15)14-9-5-6-16-12(3,4)7-9/h9H,5-7H2,1-4H3,(H,14,15). The van der Waals surface area contributed by atoms with E-state index in [2.05, 4.69) is 5.32 Å². The van der Waals surface area contributed by atoms with Gasteiger partial charge in [0.25, 0.3) is 0 Å². The van der Waals surface area contributed by atoms with E-state index in [-0.39, 0.29) is 17.6 Å². The number of carbonyl (C=O) groups excluding carboxylic acids is 1. The lowest BCUT2D eigenvalue weighted by atomic mass is 9.90. The molecule has 4 nitrogen and oxygen atoms in total. The predicted octanol–water partition coefficient (Wildman–Crippen LogP) is 1.61. The molecule has 0 aliphatic carbocycles. The Morgan fingerprint density at radius 1 is 1.56 bits per heavy atom. The van der Waals surface area contributed by atoms with E-state index in [1.54, 1.807) is 13.8 Å². The summed E-state index contributed by atoms with van der Waals surface area (Å²) in [5.74, 6) is -0.197. The molecule has 1 unspecified atom stereocenters. The van der Waals surface area contributed by atoms with E-state index in [1.807, 2.05) is 19.9 Å². The van der Waals surface area contributed by atoms with E-state index in [1.165, 1.54) is 0 Å². The summed E-state index contributed by atoms with van der Waals surface area (Å²) in [5, 5.41) is 11.8. The second-order valence-corrected chi connectivity index (χ2v) is 5.51. The monoisotopic (exact) mass is 224 g/mol. The minimum Gasteiger partial charge on any atom is -0.375 e. The molecule has 0 bridgehead atoms. The number of nitrogens with zero attached hydrogens (tertiary/aromatic N) is 1. The van der Waals surface area contributed by atoms with Gasteiger partial charge in [0.15, 0.2) is 0 Å². The molecule has 1 fully saturated rings. The molecule has 0 spiro atoms. The van der Waals surface area contributed by atoms with Gasteiger partial charge in [-0.25, -0.2) is 0 Å². The van der Waals surface area contributed by atoms with Crippen molar-refractivity contribution >= 4 is 5.91 Å². The van der Waals surface area contributed by atoms with Gasteiger partial charge in [0.2, 0.25) is 5.91 Å². The summed E-state index contributed by atoms with van der Waals surface area (Å²) in [7, 11) is 0. The van der Waals surface area contributed by atoms with Crippen LogP contribution in [0.4, 0.5) is 0 Å².